The summed E-state index contributed by atoms with van der Waals surface area (Å²) in [6.45, 7) is 0.459. The second kappa shape index (κ2) is 4.84. The number of tetrazole rings is 1. The molecule has 0 aliphatic rings. The third-order valence-electron chi connectivity index (χ3n) is 2.67. The summed E-state index contributed by atoms with van der Waals surface area (Å²) in [5.74, 6) is 0.316. The van der Waals surface area contributed by atoms with Crippen LogP contribution < -0.4 is 5.32 Å². The second-order valence-electron chi connectivity index (χ2n) is 3.97. The molecule has 8 nitrogen and oxygen atoms in total. The normalized spacial score (nSPS) is 10.7. The number of hydrogen-bond acceptors (Lipinski definition) is 5. The number of para-hydroxylation sites is 2. The lowest BCUT2D eigenvalue weighted by Crippen LogP contribution is -2.27. The van der Waals surface area contributed by atoms with E-state index in [2.05, 4.69) is 30.9 Å². The van der Waals surface area contributed by atoms with Crippen molar-refractivity contribution in [3.63, 3.8) is 0 Å². The minimum Gasteiger partial charge on any atom is -0.347 e. The minimum absolute atomic E-state index is 0.132. The Morgan fingerprint density at radius 1 is 1.37 bits per heavy atom. The molecule has 1 aromatic carbocycles. The van der Waals surface area contributed by atoms with Crippen molar-refractivity contribution in [3.05, 3.63) is 36.4 Å². The van der Waals surface area contributed by atoms with Crippen molar-refractivity contribution in [2.24, 2.45) is 0 Å². The monoisotopic (exact) mass is 257 g/mol. The van der Waals surface area contributed by atoms with Gasteiger partial charge < -0.3 is 9.88 Å². The van der Waals surface area contributed by atoms with Crippen LogP contribution in [-0.4, -0.2) is 36.1 Å². The number of hydrogen-bond donors (Lipinski definition) is 2. The van der Waals surface area contributed by atoms with Gasteiger partial charge in [-0.1, -0.05) is 17.3 Å². The maximum absolute atomic E-state index is 11.8. The highest BCUT2D eigenvalue weighted by atomic mass is 16.1. The summed E-state index contributed by atoms with van der Waals surface area (Å²) in [6.07, 6.45) is 1.65. The third kappa shape index (κ3) is 2.41. The van der Waals surface area contributed by atoms with Gasteiger partial charge in [0.25, 0.3) is 0 Å². The van der Waals surface area contributed by atoms with Crippen LogP contribution in [0, 0.1) is 0 Å². The number of aromatic nitrogens is 6. The van der Waals surface area contributed by atoms with Crippen molar-refractivity contribution >= 4 is 16.9 Å². The molecule has 19 heavy (non-hydrogen) atoms. The van der Waals surface area contributed by atoms with Gasteiger partial charge in [0.2, 0.25) is 5.91 Å². The molecule has 0 bridgehead atoms. The van der Waals surface area contributed by atoms with Crippen molar-refractivity contribution in [2.45, 2.75) is 13.1 Å². The summed E-state index contributed by atoms with van der Waals surface area (Å²) in [6, 6.07) is 7.66. The molecule has 1 amide bonds. The van der Waals surface area contributed by atoms with Crippen LogP contribution in [0.1, 0.15) is 5.82 Å². The largest absolute Gasteiger partial charge is 0.347 e. The second-order valence-corrected chi connectivity index (χ2v) is 3.97. The summed E-state index contributed by atoms with van der Waals surface area (Å²) >= 11 is 0. The molecule has 2 N–H and O–H groups in total. The number of nitrogens with zero attached hydrogens (tertiary/aromatic N) is 5. The van der Waals surface area contributed by atoms with Gasteiger partial charge in [-0.2, -0.15) is 5.21 Å². The van der Waals surface area contributed by atoms with Gasteiger partial charge in [-0.25, -0.2) is 4.98 Å². The number of H-pyrrole nitrogens is 1. The van der Waals surface area contributed by atoms with E-state index in [4.69, 9.17) is 0 Å². The highest BCUT2D eigenvalue weighted by molar-refractivity contribution is 5.80. The van der Waals surface area contributed by atoms with E-state index < -0.39 is 0 Å². The molecule has 0 unspecified atom stereocenters. The van der Waals surface area contributed by atoms with Crippen molar-refractivity contribution in [3.8, 4) is 0 Å². The first-order valence-corrected chi connectivity index (χ1v) is 5.72. The van der Waals surface area contributed by atoms with Gasteiger partial charge in [0.05, 0.1) is 23.9 Å². The van der Waals surface area contributed by atoms with E-state index in [-0.39, 0.29) is 19.0 Å². The molecule has 0 saturated carbocycles. The zero-order valence-electron chi connectivity index (χ0n) is 9.95. The topological polar surface area (TPSA) is 101 Å². The molecule has 0 fully saturated rings. The summed E-state index contributed by atoms with van der Waals surface area (Å²) in [5.41, 5.74) is 1.80. The van der Waals surface area contributed by atoms with Crippen LogP contribution in [0.2, 0.25) is 0 Å². The highest BCUT2D eigenvalue weighted by Gasteiger charge is 2.07. The van der Waals surface area contributed by atoms with E-state index in [0.717, 1.165) is 11.0 Å². The molecule has 0 saturated heterocycles. The average Bonchev–Trinajstić information content (AvgIpc) is 3.07. The lowest BCUT2D eigenvalue weighted by molar-refractivity contribution is -0.121. The molecular formula is C11H11N7O. The summed E-state index contributed by atoms with van der Waals surface area (Å²) < 4.78 is 1.79. The van der Waals surface area contributed by atoms with Crippen LogP contribution in [-0.2, 0) is 17.9 Å². The number of carbonyl (C=O) groups is 1. The number of amides is 1. The van der Waals surface area contributed by atoms with Gasteiger partial charge in [0, 0.05) is 0 Å². The van der Waals surface area contributed by atoms with Gasteiger partial charge in [0.1, 0.15) is 6.54 Å². The molecular weight excluding hydrogens is 246 g/mol. The molecule has 96 valence electrons. The number of carbonyl (C=O) groups excluding carboxylic acids is 1. The number of benzene rings is 1. The zero-order valence-corrected chi connectivity index (χ0v) is 9.95. The molecule has 0 radical (unpaired) electrons. The van der Waals surface area contributed by atoms with Crippen LogP contribution in [0.15, 0.2) is 30.6 Å². The van der Waals surface area contributed by atoms with Crippen molar-refractivity contribution < 1.29 is 4.79 Å². The van der Waals surface area contributed by atoms with Crippen LogP contribution in [0.4, 0.5) is 0 Å². The van der Waals surface area contributed by atoms with Crippen molar-refractivity contribution in [2.75, 3.05) is 0 Å². The lowest BCUT2D eigenvalue weighted by atomic mass is 10.3. The fourth-order valence-corrected chi connectivity index (χ4v) is 1.78. The van der Waals surface area contributed by atoms with Gasteiger partial charge >= 0.3 is 0 Å². The van der Waals surface area contributed by atoms with Crippen LogP contribution in [0.3, 0.4) is 0 Å². The predicted molar refractivity (Wildman–Crippen MR) is 65.8 cm³/mol. The van der Waals surface area contributed by atoms with E-state index in [1.165, 1.54) is 0 Å². The van der Waals surface area contributed by atoms with Gasteiger partial charge in [-0.3, -0.25) is 4.79 Å². The van der Waals surface area contributed by atoms with E-state index in [1.807, 2.05) is 24.3 Å². The Kier molecular flexibility index (Phi) is 2.89. The summed E-state index contributed by atoms with van der Waals surface area (Å²) in [5, 5.41) is 16.0. The Morgan fingerprint density at radius 2 is 2.26 bits per heavy atom. The average molecular weight is 257 g/mol. The fraction of sp³-hybridized carbons (Fsp3) is 0.182. The van der Waals surface area contributed by atoms with Crippen LogP contribution in [0.5, 0.6) is 0 Å². The Bertz CT molecular complexity index is 688. The predicted octanol–water partition coefficient (Wildman–Crippen LogP) is -0.134. The Labute approximate surface area is 107 Å². The summed E-state index contributed by atoms with van der Waals surface area (Å²) in [4.78, 5) is 16.0. The maximum Gasteiger partial charge on any atom is 0.240 e. The lowest BCUT2D eigenvalue weighted by Gasteiger charge is -2.04. The first-order chi connectivity index (χ1) is 9.33. The Balaban J connectivity index is 1.66. The first-order valence-electron chi connectivity index (χ1n) is 5.72. The molecule has 0 aliphatic heterocycles. The van der Waals surface area contributed by atoms with Crippen LogP contribution in [0.25, 0.3) is 11.0 Å². The smallest absolute Gasteiger partial charge is 0.240 e. The van der Waals surface area contributed by atoms with E-state index in [1.54, 1.807) is 10.9 Å². The van der Waals surface area contributed by atoms with E-state index in [9.17, 15) is 4.79 Å². The van der Waals surface area contributed by atoms with Crippen molar-refractivity contribution in [1.82, 2.24) is 35.5 Å². The van der Waals surface area contributed by atoms with Crippen molar-refractivity contribution in [1.29, 1.82) is 0 Å². The van der Waals surface area contributed by atoms with Gasteiger partial charge in [-0.15, -0.1) is 10.2 Å². The number of fused-ring (bicyclic) bond motifs is 1. The quantitative estimate of drug-likeness (QED) is 0.677. The number of aromatic amines is 1. The molecule has 2 aromatic heterocycles. The molecule has 2 heterocycles. The number of nitrogens with one attached hydrogen (secondary N) is 2. The first kappa shape index (κ1) is 11.3. The zero-order chi connectivity index (χ0) is 13.1. The minimum atomic E-state index is -0.132. The molecule has 0 atom stereocenters. The fourth-order valence-electron chi connectivity index (χ4n) is 1.78. The Morgan fingerprint density at radius 3 is 3.11 bits per heavy atom. The van der Waals surface area contributed by atoms with Gasteiger partial charge in [-0.05, 0) is 12.1 Å². The highest BCUT2D eigenvalue weighted by Crippen LogP contribution is 2.11. The van der Waals surface area contributed by atoms with Gasteiger partial charge in [0.15, 0.2) is 5.82 Å². The Hall–Kier alpha value is -2.77. The molecule has 0 spiro atoms. The molecule has 0 aliphatic carbocycles. The molecule has 3 aromatic rings. The van der Waals surface area contributed by atoms with E-state index in [0.29, 0.717) is 5.82 Å². The van der Waals surface area contributed by atoms with Crippen LogP contribution >= 0.6 is 0 Å². The number of imidazole rings is 1. The molecule has 3 rings (SSSR count). The van der Waals surface area contributed by atoms with E-state index >= 15 is 0 Å². The standard InChI is InChI=1S/C11H11N7O/c19-11(12-5-10-14-16-17-15-10)6-18-7-13-8-3-1-2-4-9(8)18/h1-4,7H,5-6H2,(H,12,19)(H,14,15,16,17). The number of rotatable bonds is 4. The SMILES string of the molecule is O=C(Cn1cnc2ccccc21)NCc1nn[nH]n1. The molecule has 8 heteroatoms. The third-order valence-corrected chi connectivity index (χ3v) is 2.67. The summed E-state index contributed by atoms with van der Waals surface area (Å²) in [7, 11) is 0. The maximum atomic E-state index is 11.8.